The molecule has 1 amide bonds. The number of carbonyl (C=O) groups excluding carboxylic acids is 1. The second-order valence-corrected chi connectivity index (χ2v) is 5.45. The van der Waals surface area contributed by atoms with Crippen LogP contribution in [0.1, 0.15) is 18.4 Å². The van der Waals surface area contributed by atoms with E-state index in [-0.39, 0.29) is 24.4 Å². The fourth-order valence-corrected chi connectivity index (χ4v) is 2.98. The fraction of sp³-hybridized carbons (Fsp3) is 0.533. The molecule has 2 unspecified atom stereocenters. The van der Waals surface area contributed by atoms with Crippen LogP contribution in [0.15, 0.2) is 24.3 Å². The van der Waals surface area contributed by atoms with Crippen LogP contribution in [0.25, 0.3) is 0 Å². The summed E-state index contributed by atoms with van der Waals surface area (Å²) < 4.78 is 5.77. The van der Waals surface area contributed by atoms with Gasteiger partial charge in [-0.3, -0.25) is 4.79 Å². The number of halogens is 1. The molecule has 20 heavy (non-hydrogen) atoms. The van der Waals surface area contributed by atoms with E-state index in [2.05, 4.69) is 0 Å². The van der Waals surface area contributed by atoms with Crippen LogP contribution in [-0.4, -0.2) is 36.5 Å². The number of ether oxygens (including phenoxy) is 1. The van der Waals surface area contributed by atoms with Crippen LogP contribution in [-0.2, 0) is 11.2 Å². The van der Waals surface area contributed by atoms with E-state index < -0.39 is 0 Å². The smallest absolute Gasteiger partial charge is 0.264 e. The summed E-state index contributed by atoms with van der Waals surface area (Å²) in [5.41, 5.74) is 6.85. The fourth-order valence-electron chi connectivity index (χ4n) is 2.98. The standard InChI is InChI=1S/C15H20N2O2.ClH/c16-9-11-4-3-7-17(10-11)15(18)14-8-12-5-1-2-6-13(12)19-14;/h1-2,5-6,11,14H,3-4,7-10,16H2;1H. The lowest BCUT2D eigenvalue weighted by Gasteiger charge is -2.33. The monoisotopic (exact) mass is 296 g/mol. The quantitative estimate of drug-likeness (QED) is 0.902. The molecule has 3 rings (SSSR count). The summed E-state index contributed by atoms with van der Waals surface area (Å²) in [6.07, 6.45) is 2.53. The molecule has 0 radical (unpaired) electrons. The molecule has 1 saturated heterocycles. The maximum absolute atomic E-state index is 12.5. The number of nitrogens with two attached hydrogens (primary N) is 1. The van der Waals surface area contributed by atoms with Crippen molar-refractivity contribution < 1.29 is 9.53 Å². The number of para-hydroxylation sites is 1. The van der Waals surface area contributed by atoms with Crippen LogP contribution >= 0.6 is 12.4 Å². The van der Waals surface area contributed by atoms with Crippen LogP contribution in [0.2, 0.25) is 0 Å². The molecule has 0 spiro atoms. The lowest BCUT2D eigenvalue weighted by molar-refractivity contribution is -0.139. The molecule has 110 valence electrons. The minimum atomic E-state index is -0.339. The van der Waals surface area contributed by atoms with Crippen molar-refractivity contribution in [1.82, 2.24) is 4.90 Å². The first-order valence-corrected chi connectivity index (χ1v) is 7.01. The van der Waals surface area contributed by atoms with Gasteiger partial charge in [0.1, 0.15) is 5.75 Å². The second-order valence-electron chi connectivity index (χ2n) is 5.45. The molecule has 2 aliphatic rings. The summed E-state index contributed by atoms with van der Waals surface area (Å²) >= 11 is 0. The Kier molecular flexibility index (Phi) is 4.89. The third-order valence-corrected chi connectivity index (χ3v) is 4.09. The molecule has 2 atom stereocenters. The average molecular weight is 297 g/mol. The van der Waals surface area contributed by atoms with Crippen molar-refractivity contribution in [2.24, 2.45) is 11.7 Å². The van der Waals surface area contributed by atoms with Crippen molar-refractivity contribution in [3.8, 4) is 5.75 Å². The summed E-state index contributed by atoms with van der Waals surface area (Å²) in [4.78, 5) is 14.4. The van der Waals surface area contributed by atoms with Crippen LogP contribution in [0.5, 0.6) is 5.75 Å². The van der Waals surface area contributed by atoms with Gasteiger partial charge in [-0.2, -0.15) is 0 Å². The SMILES string of the molecule is Cl.NCC1CCCN(C(=O)C2Cc3ccccc3O2)C1. The first-order chi connectivity index (χ1) is 9.28. The summed E-state index contributed by atoms with van der Waals surface area (Å²) in [5, 5.41) is 0. The number of piperidine rings is 1. The van der Waals surface area contributed by atoms with Gasteiger partial charge in [-0.1, -0.05) is 18.2 Å². The summed E-state index contributed by atoms with van der Waals surface area (Å²) in [6.45, 7) is 2.28. The van der Waals surface area contributed by atoms with E-state index >= 15 is 0 Å². The van der Waals surface area contributed by atoms with Crippen LogP contribution in [0.3, 0.4) is 0 Å². The number of hydrogen-bond donors (Lipinski definition) is 1. The van der Waals surface area contributed by atoms with Crippen molar-refractivity contribution in [1.29, 1.82) is 0 Å². The van der Waals surface area contributed by atoms with Crippen molar-refractivity contribution in [3.05, 3.63) is 29.8 Å². The number of hydrogen-bond acceptors (Lipinski definition) is 3. The average Bonchev–Trinajstić information content (AvgIpc) is 2.90. The summed E-state index contributed by atoms with van der Waals surface area (Å²) in [7, 11) is 0. The van der Waals surface area contributed by atoms with Crippen molar-refractivity contribution in [2.45, 2.75) is 25.4 Å². The van der Waals surface area contributed by atoms with Gasteiger partial charge >= 0.3 is 0 Å². The lowest BCUT2D eigenvalue weighted by atomic mass is 9.97. The van der Waals surface area contributed by atoms with E-state index in [9.17, 15) is 4.79 Å². The highest BCUT2D eigenvalue weighted by molar-refractivity contribution is 5.85. The molecule has 2 heterocycles. The minimum Gasteiger partial charge on any atom is -0.480 e. The predicted molar refractivity (Wildman–Crippen MR) is 80.2 cm³/mol. The Morgan fingerprint density at radius 2 is 2.20 bits per heavy atom. The third-order valence-electron chi connectivity index (χ3n) is 4.09. The van der Waals surface area contributed by atoms with E-state index in [1.165, 1.54) is 0 Å². The van der Waals surface area contributed by atoms with E-state index in [0.29, 0.717) is 18.9 Å². The van der Waals surface area contributed by atoms with Gasteiger partial charge < -0.3 is 15.4 Å². The van der Waals surface area contributed by atoms with Crippen molar-refractivity contribution in [2.75, 3.05) is 19.6 Å². The van der Waals surface area contributed by atoms with Gasteiger partial charge in [0.25, 0.3) is 5.91 Å². The molecule has 0 aromatic heterocycles. The Labute approximate surface area is 125 Å². The molecule has 1 fully saturated rings. The van der Waals surface area contributed by atoms with Gasteiger partial charge in [0, 0.05) is 19.5 Å². The van der Waals surface area contributed by atoms with Gasteiger partial charge in [0.15, 0.2) is 6.10 Å². The summed E-state index contributed by atoms with van der Waals surface area (Å²) in [6, 6.07) is 7.89. The Morgan fingerprint density at radius 1 is 1.40 bits per heavy atom. The molecule has 5 heteroatoms. The van der Waals surface area contributed by atoms with Crippen molar-refractivity contribution in [3.63, 3.8) is 0 Å². The Bertz CT molecular complexity index is 456. The number of amides is 1. The molecular formula is C15H21ClN2O2. The molecule has 2 aliphatic heterocycles. The van der Waals surface area contributed by atoms with Gasteiger partial charge in [-0.05, 0) is 36.9 Å². The highest BCUT2D eigenvalue weighted by atomic mass is 35.5. The minimum absolute atomic E-state index is 0. The Balaban J connectivity index is 0.00000147. The van der Waals surface area contributed by atoms with Gasteiger partial charge in [0.2, 0.25) is 0 Å². The maximum Gasteiger partial charge on any atom is 0.264 e. The van der Waals surface area contributed by atoms with Gasteiger partial charge in [0.05, 0.1) is 0 Å². The molecule has 0 bridgehead atoms. The van der Waals surface area contributed by atoms with Crippen molar-refractivity contribution >= 4 is 18.3 Å². The van der Waals surface area contributed by atoms with E-state index in [1.54, 1.807) is 0 Å². The zero-order valence-corrected chi connectivity index (χ0v) is 12.3. The zero-order valence-electron chi connectivity index (χ0n) is 11.5. The molecule has 0 aliphatic carbocycles. The largest absolute Gasteiger partial charge is 0.480 e. The third kappa shape index (κ3) is 2.91. The molecule has 4 nitrogen and oxygen atoms in total. The Morgan fingerprint density at radius 3 is 2.95 bits per heavy atom. The maximum atomic E-state index is 12.5. The Hall–Kier alpha value is -1.26. The number of benzene rings is 1. The van der Waals surface area contributed by atoms with Crippen LogP contribution in [0.4, 0.5) is 0 Å². The highest BCUT2D eigenvalue weighted by Crippen LogP contribution is 2.29. The van der Waals surface area contributed by atoms with E-state index in [0.717, 1.165) is 37.2 Å². The predicted octanol–water partition coefficient (Wildman–Crippen LogP) is 1.61. The first kappa shape index (κ1) is 15.1. The van der Waals surface area contributed by atoms with E-state index in [1.807, 2.05) is 29.2 Å². The molecule has 1 aromatic rings. The topological polar surface area (TPSA) is 55.6 Å². The number of rotatable bonds is 2. The highest BCUT2D eigenvalue weighted by Gasteiger charge is 2.34. The first-order valence-electron chi connectivity index (χ1n) is 7.01. The lowest BCUT2D eigenvalue weighted by Crippen LogP contribution is -2.47. The zero-order chi connectivity index (χ0) is 13.2. The van der Waals surface area contributed by atoms with Crippen LogP contribution < -0.4 is 10.5 Å². The van der Waals surface area contributed by atoms with E-state index in [4.69, 9.17) is 10.5 Å². The van der Waals surface area contributed by atoms with Gasteiger partial charge in [-0.15, -0.1) is 12.4 Å². The molecular weight excluding hydrogens is 276 g/mol. The van der Waals surface area contributed by atoms with Gasteiger partial charge in [-0.25, -0.2) is 0 Å². The number of fused-ring (bicyclic) bond motifs is 1. The second kappa shape index (κ2) is 6.46. The molecule has 2 N–H and O–H groups in total. The molecule has 0 saturated carbocycles. The normalized spacial score (nSPS) is 24.6. The van der Waals surface area contributed by atoms with Crippen LogP contribution in [0, 0.1) is 5.92 Å². The number of carbonyl (C=O) groups is 1. The number of likely N-dealkylation sites (tertiary alicyclic amines) is 1. The summed E-state index contributed by atoms with van der Waals surface area (Å²) in [5.74, 6) is 1.42. The molecule has 1 aromatic carbocycles. The number of nitrogens with zero attached hydrogens (tertiary/aromatic N) is 1.